The van der Waals surface area contributed by atoms with Crippen LogP contribution in [0.15, 0.2) is 36.7 Å². The van der Waals surface area contributed by atoms with Gasteiger partial charge < -0.3 is 10.6 Å². The molecule has 1 aliphatic heterocycles. The van der Waals surface area contributed by atoms with Crippen LogP contribution >= 0.6 is 11.3 Å². The molecular weight excluding hydrogens is 441 g/mol. The quantitative estimate of drug-likeness (QED) is 0.508. The van der Waals surface area contributed by atoms with Crippen LogP contribution in [0.5, 0.6) is 0 Å². The SMILES string of the molecule is Cc1cc(Nc2nccc(C(F)(F)F)n2)cc(-c2cnc(C(C)NC3CCNC3=O)s2)c1. The predicted molar refractivity (Wildman–Crippen MR) is 116 cm³/mol. The number of hydrogen-bond acceptors (Lipinski definition) is 7. The van der Waals surface area contributed by atoms with Gasteiger partial charge in [0.25, 0.3) is 0 Å². The fourth-order valence-corrected chi connectivity index (χ4v) is 4.37. The molecule has 1 aromatic carbocycles. The van der Waals surface area contributed by atoms with E-state index in [1.54, 1.807) is 12.3 Å². The van der Waals surface area contributed by atoms with Crippen molar-refractivity contribution in [1.82, 2.24) is 25.6 Å². The molecule has 1 amide bonds. The number of nitrogens with one attached hydrogen (secondary N) is 3. The third-order valence-corrected chi connectivity index (χ3v) is 6.19. The molecule has 1 fully saturated rings. The van der Waals surface area contributed by atoms with Crippen molar-refractivity contribution in [2.24, 2.45) is 0 Å². The van der Waals surface area contributed by atoms with Gasteiger partial charge in [0.15, 0.2) is 0 Å². The van der Waals surface area contributed by atoms with Gasteiger partial charge in [-0.25, -0.2) is 15.0 Å². The van der Waals surface area contributed by atoms with Crippen molar-refractivity contribution >= 4 is 28.9 Å². The van der Waals surface area contributed by atoms with Gasteiger partial charge >= 0.3 is 6.18 Å². The molecule has 4 rings (SSSR count). The summed E-state index contributed by atoms with van der Waals surface area (Å²) >= 11 is 1.50. The Labute approximate surface area is 186 Å². The highest BCUT2D eigenvalue weighted by molar-refractivity contribution is 7.15. The molecule has 0 spiro atoms. The smallest absolute Gasteiger partial charge is 0.355 e. The average molecular weight is 463 g/mol. The summed E-state index contributed by atoms with van der Waals surface area (Å²) in [6, 6.07) is 6.10. The lowest BCUT2D eigenvalue weighted by molar-refractivity contribution is -0.141. The molecule has 0 aliphatic carbocycles. The maximum Gasteiger partial charge on any atom is 0.433 e. The standard InChI is InChI=1S/C21H21F3N6OS/c1-11-7-13(9-14(8-11)29-20-26-6-4-17(30-20)21(22,23)24)16-10-27-19(32-16)12(2)28-15-3-5-25-18(15)31/h4,6-10,12,15,28H,3,5H2,1-2H3,(H,25,31)(H,26,29,30). The number of anilines is 2. The van der Waals surface area contributed by atoms with Gasteiger partial charge in [-0.1, -0.05) is 6.07 Å². The number of aryl methyl sites for hydroxylation is 1. The van der Waals surface area contributed by atoms with Crippen LogP contribution in [-0.4, -0.2) is 33.4 Å². The molecule has 1 aliphatic rings. The van der Waals surface area contributed by atoms with Crippen molar-refractivity contribution in [3.63, 3.8) is 0 Å². The van der Waals surface area contributed by atoms with Crippen molar-refractivity contribution in [3.05, 3.63) is 52.9 Å². The number of alkyl halides is 3. The lowest BCUT2D eigenvalue weighted by atomic mass is 10.1. The fourth-order valence-electron chi connectivity index (χ4n) is 3.45. The Bertz CT molecular complexity index is 1130. The topological polar surface area (TPSA) is 91.8 Å². The average Bonchev–Trinajstić information content (AvgIpc) is 3.37. The molecule has 1 saturated heterocycles. The van der Waals surface area contributed by atoms with E-state index in [9.17, 15) is 18.0 Å². The minimum Gasteiger partial charge on any atom is -0.355 e. The van der Waals surface area contributed by atoms with Crippen LogP contribution in [0.2, 0.25) is 0 Å². The molecule has 3 heterocycles. The molecule has 168 valence electrons. The highest BCUT2D eigenvalue weighted by Gasteiger charge is 2.32. The lowest BCUT2D eigenvalue weighted by Crippen LogP contribution is -2.37. The molecule has 32 heavy (non-hydrogen) atoms. The molecule has 2 unspecified atom stereocenters. The van der Waals surface area contributed by atoms with E-state index in [0.29, 0.717) is 12.2 Å². The zero-order valence-corrected chi connectivity index (χ0v) is 18.1. The Hall–Kier alpha value is -3.05. The Morgan fingerprint density at radius 2 is 2.06 bits per heavy atom. The summed E-state index contributed by atoms with van der Waals surface area (Å²) < 4.78 is 38.8. The van der Waals surface area contributed by atoms with Gasteiger partial charge in [-0.05, 0) is 49.6 Å². The molecule has 11 heteroatoms. The third kappa shape index (κ3) is 5.05. The molecule has 7 nitrogen and oxygen atoms in total. The van der Waals surface area contributed by atoms with Crippen molar-refractivity contribution < 1.29 is 18.0 Å². The summed E-state index contributed by atoms with van der Waals surface area (Å²) in [5, 5.41) is 9.80. The van der Waals surface area contributed by atoms with Crippen molar-refractivity contribution in [2.75, 3.05) is 11.9 Å². The fraction of sp³-hybridized carbons (Fsp3) is 0.333. The summed E-state index contributed by atoms with van der Waals surface area (Å²) in [5.74, 6) is -0.131. The Morgan fingerprint density at radius 1 is 1.25 bits per heavy atom. The first-order valence-electron chi connectivity index (χ1n) is 9.98. The number of carbonyl (C=O) groups excluding carboxylic acids is 1. The van der Waals surface area contributed by atoms with E-state index in [4.69, 9.17) is 0 Å². The largest absolute Gasteiger partial charge is 0.433 e. The highest BCUT2D eigenvalue weighted by Crippen LogP contribution is 2.33. The minimum absolute atomic E-state index is 0.000147. The van der Waals surface area contributed by atoms with E-state index in [2.05, 4.69) is 30.9 Å². The second kappa shape index (κ2) is 8.83. The van der Waals surface area contributed by atoms with Gasteiger partial charge in [-0.15, -0.1) is 11.3 Å². The molecule has 2 atom stereocenters. The van der Waals surface area contributed by atoms with Crippen molar-refractivity contribution in [2.45, 2.75) is 38.5 Å². The van der Waals surface area contributed by atoms with Crippen LogP contribution < -0.4 is 16.0 Å². The van der Waals surface area contributed by atoms with Crippen LogP contribution in [-0.2, 0) is 11.0 Å². The van der Waals surface area contributed by atoms with Crippen LogP contribution in [0.25, 0.3) is 10.4 Å². The Morgan fingerprint density at radius 3 is 2.78 bits per heavy atom. The normalized spacial score (nSPS) is 17.3. The number of amides is 1. The second-order valence-corrected chi connectivity index (χ2v) is 8.62. The van der Waals surface area contributed by atoms with Gasteiger partial charge in [-0.2, -0.15) is 13.2 Å². The van der Waals surface area contributed by atoms with E-state index >= 15 is 0 Å². The Kier molecular flexibility index (Phi) is 6.11. The minimum atomic E-state index is -4.54. The summed E-state index contributed by atoms with van der Waals surface area (Å²) in [4.78, 5) is 24.6. The molecule has 0 saturated carbocycles. The maximum atomic E-state index is 12.9. The summed E-state index contributed by atoms with van der Waals surface area (Å²) in [6.45, 7) is 4.52. The predicted octanol–water partition coefficient (Wildman–Crippen LogP) is 4.21. The molecule has 3 N–H and O–H groups in total. The third-order valence-electron chi connectivity index (χ3n) is 4.96. The number of thiazole rings is 1. The zero-order valence-electron chi connectivity index (χ0n) is 17.3. The summed E-state index contributed by atoms with van der Waals surface area (Å²) in [6.07, 6.45) is -0.971. The van der Waals surface area contributed by atoms with E-state index in [0.717, 1.165) is 39.7 Å². The lowest BCUT2D eigenvalue weighted by Gasteiger charge is -2.15. The first-order valence-corrected chi connectivity index (χ1v) is 10.8. The number of rotatable bonds is 6. The van der Waals surface area contributed by atoms with Gasteiger partial charge in [-0.3, -0.25) is 10.1 Å². The van der Waals surface area contributed by atoms with Crippen LogP contribution in [0.4, 0.5) is 24.8 Å². The summed E-state index contributed by atoms with van der Waals surface area (Å²) in [7, 11) is 0. The first-order chi connectivity index (χ1) is 15.2. The maximum absolute atomic E-state index is 12.9. The molecular formula is C21H21F3N6OS. The highest BCUT2D eigenvalue weighted by atomic mass is 32.1. The van der Waals surface area contributed by atoms with E-state index < -0.39 is 11.9 Å². The number of carbonyl (C=O) groups is 1. The number of halogens is 3. The van der Waals surface area contributed by atoms with Gasteiger partial charge in [0.1, 0.15) is 10.7 Å². The van der Waals surface area contributed by atoms with E-state index in [1.807, 2.05) is 26.0 Å². The summed E-state index contributed by atoms with van der Waals surface area (Å²) in [5.41, 5.74) is 1.35. The number of aromatic nitrogens is 3. The first kappa shape index (κ1) is 22.2. The van der Waals surface area contributed by atoms with Crippen LogP contribution in [0, 0.1) is 6.92 Å². The number of benzene rings is 1. The molecule has 0 bridgehead atoms. The zero-order chi connectivity index (χ0) is 22.9. The number of hydrogen-bond donors (Lipinski definition) is 3. The van der Waals surface area contributed by atoms with Crippen molar-refractivity contribution in [3.8, 4) is 10.4 Å². The van der Waals surface area contributed by atoms with E-state index in [1.165, 1.54) is 11.3 Å². The molecule has 2 aromatic heterocycles. The van der Waals surface area contributed by atoms with E-state index in [-0.39, 0.29) is 23.9 Å². The monoisotopic (exact) mass is 462 g/mol. The van der Waals surface area contributed by atoms with Crippen LogP contribution in [0.3, 0.4) is 0 Å². The molecule has 3 aromatic rings. The van der Waals surface area contributed by atoms with Gasteiger partial charge in [0, 0.05) is 24.6 Å². The Balaban J connectivity index is 1.53. The second-order valence-electron chi connectivity index (χ2n) is 7.56. The van der Waals surface area contributed by atoms with Crippen molar-refractivity contribution in [1.29, 1.82) is 0 Å². The number of nitrogens with zero attached hydrogens (tertiary/aromatic N) is 3. The molecule has 0 radical (unpaired) electrons. The van der Waals surface area contributed by atoms with Gasteiger partial charge in [0.05, 0.1) is 17.0 Å². The van der Waals surface area contributed by atoms with Crippen LogP contribution in [0.1, 0.15) is 35.7 Å². The van der Waals surface area contributed by atoms with Gasteiger partial charge in [0.2, 0.25) is 11.9 Å².